The SMILES string of the molecule is N#Cc1c(-c2cccnc2)c(-c2cccnc2)c(-n2c3ccccc3c3c4oc5ccccc5c4ccc32)c(-c2cccnc2)c1-c1cccnc1. The third-order valence-electron chi connectivity index (χ3n) is 9.79. The van der Waals surface area contributed by atoms with Crippen LogP contribution >= 0.6 is 0 Å². The van der Waals surface area contributed by atoms with Gasteiger partial charge in [-0.2, -0.15) is 5.26 Å². The highest BCUT2D eigenvalue weighted by Crippen LogP contribution is 2.52. The highest BCUT2D eigenvalue weighted by atomic mass is 16.3. The van der Waals surface area contributed by atoms with Crippen molar-refractivity contribution in [2.45, 2.75) is 0 Å². The van der Waals surface area contributed by atoms with E-state index in [1.807, 2.05) is 79.4 Å². The molecule has 4 aromatic carbocycles. The van der Waals surface area contributed by atoms with E-state index < -0.39 is 0 Å². The molecule has 0 aliphatic rings. The van der Waals surface area contributed by atoms with E-state index in [1.54, 1.807) is 24.8 Å². The first kappa shape index (κ1) is 29.5. The van der Waals surface area contributed by atoms with E-state index in [4.69, 9.17) is 4.42 Å². The summed E-state index contributed by atoms with van der Waals surface area (Å²) in [6.45, 7) is 0. The Hall–Kier alpha value is -7.43. The molecule has 0 unspecified atom stereocenters. The van der Waals surface area contributed by atoms with Crippen molar-refractivity contribution in [1.29, 1.82) is 5.26 Å². The van der Waals surface area contributed by atoms with Crippen LogP contribution in [0.1, 0.15) is 5.56 Å². The normalized spacial score (nSPS) is 11.4. The number of aromatic nitrogens is 5. The molecule has 10 rings (SSSR count). The summed E-state index contributed by atoms with van der Waals surface area (Å²) in [5.74, 6) is 0. The largest absolute Gasteiger partial charge is 0.455 e. The van der Waals surface area contributed by atoms with Crippen molar-refractivity contribution in [2.24, 2.45) is 0 Å². The van der Waals surface area contributed by atoms with Crippen LogP contribution in [-0.2, 0) is 0 Å². The van der Waals surface area contributed by atoms with Gasteiger partial charge in [-0.05, 0) is 48.5 Å². The van der Waals surface area contributed by atoms with Crippen molar-refractivity contribution in [3.63, 3.8) is 0 Å². The fraction of sp³-hybridized carbons (Fsp3) is 0. The summed E-state index contributed by atoms with van der Waals surface area (Å²) in [4.78, 5) is 18.3. The molecule has 0 amide bonds. The van der Waals surface area contributed by atoms with E-state index in [-0.39, 0.29) is 0 Å². The van der Waals surface area contributed by atoms with Gasteiger partial charge in [0, 0.05) is 110 Å². The lowest BCUT2D eigenvalue weighted by Gasteiger charge is -2.26. The number of benzene rings is 4. The highest BCUT2D eigenvalue weighted by molar-refractivity contribution is 6.24. The van der Waals surface area contributed by atoms with Gasteiger partial charge in [0.15, 0.2) is 0 Å². The van der Waals surface area contributed by atoms with Crippen LogP contribution in [0.2, 0.25) is 0 Å². The van der Waals surface area contributed by atoms with Gasteiger partial charge < -0.3 is 8.98 Å². The van der Waals surface area contributed by atoms with E-state index in [9.17, 15) is 5.26 Å². The third-order valence-corrected chi connectivity index (χ3v) is 9.79. The molecule has 6 heterocycles. The van der Waals surface area contributed by atoms with E-state index in [0.717, 1.165) is 93.9 Å². The van der Waals surface area contributed by atoms with Crippen molar-refractivity contribution in [2.75, 3.05) is 0 Å². The molecule has 0 aliphatic carbocycles. The lowest BCUT2D eigenvalue weighted by Crippen LogP contribution is -2.07. The molecule has 0 aliphatic heterocycles. The number of para-hydroxylation sites is 2. The number of nitriles is 1. The molecule has 7 nitrogen and oxygen atoms in total. The lowest BCUT2D eigenvalue weighted by atomic mass is 9.80. The van der Waals surface area contributed by atoms with Crippen molar-refractivity contribution >= 4 is 43.7 Å². The zero-order valence-electron chi connectivity index (χ0n) is 27.6. The van der Waals surface area contributed by atoms with E-state index >= 15 is 0 Å². The average molecular weight is 667 g/mol. The Labute approximate surface area is 297 Å². The fourth-order valence-corrected chi connectivity index (χ4v) is 7.73. The number of pyridine rings is 4. The fourth-order valence-electron chi connectivity index (χ4n) is 7.73. The van der Waals surface area contributed by atoms with Gasteiger partial charge in [-0.15, -0.1) is 0 Å². The van der Waals surface area contributed by atoms with Crippen LogP contribution in [0.4, 0.5) is 0 Å². The number of hydrogen-bond acceptors (Lipinski definition) is 6. The molecule has 52 heavy (non-hydrogen) atoms. The van der Waals surface area contributed by atoms with Crippen LogP contribution in [0.15, 0.2) is 163 Å². The average Bonchev–Trinajstić information content (AvgIpc) is 3.77. The second-order valence-electron chi connectivity index (χ2n) is 12.6. The maximum atomic E-state index is 11.3. The van der Waals surface area contributed by atoms with Gasteiger partial charge in [-0.3, -0.25) is 19.9 Å². The summed E-state index contributed by atoms with van der Waals surface area (Å²) in [5, 5.41) is 15.5. The van der Waals surface area contributed by atoms with Gasteiger partial charge in [-0.1, -0.05) is 60.7 Å². The Bertz CT molecular complexity index is 2900. The number of furan rings is 1. The van der Waals surface area contributed by atoms with Crippen molar-refractivity contribution in [3.05, 3.63) is 164 Å². The van der Waals surface area contributed by atoms with E-state index in [2.05, 4.69) is 85.2 Å². The summed E-state index contributed by atoms with van der Waals surface area (Å²) in [7, 11) is 0. The second-order valence-corrected chi connectivity index (χ2v) is 12.6. The molecule has 6 aromatic heterocycles. The summed E-state index contributed by atoms with van der Waals surface area (Å²) >= 11 is 0. The Kier molecular flexibility index (Phi) is 6.73. The van der Waals surface area contributed by atoms with Gasteiger partial charge in [0.25, 0.3) is 0 Å². The molecular weight excluding hydrogens is 641 g/mol. The quantitative estimate of drug-likeness (QED) is 0.181. The topological polar surface area (TPSA) is 93.4 Å². The number of hydrogen-bond donors (Lipinski definition) is 0. The van der Waals surface area contributed by atoms with Crippen LogP contribution in [0, 0.1) is 11.3 Å². The molecule has 0 atom stereocenters. The molecule has 0 bridgehead atoms. The Morgan fingerprint density at radius 2 is 1.00 bits per heavy atom. The predicted octanol–water partition coefficient (Wildman–Crippen LogP) is 10.8. The first-order valence-electron chi connectivity index (χ1n) is 16.9. The standard InChI is InChI=1S/C45H26N6O/c46-23-35-39(28-9-5-19-47-24-28)41(30-11-7-21-49-26-30)44(42(31-12-8-22-50-27-31)40(35)29-10-6-20-48-25-29)51-36-15-3-1-14-34(36)43-37(51)18-17-33-32-13-2-4-16-38(32)52-45(33)43/h1-22,24-27H. The highest BCUT2D eigenvalue weighted by Gasteiger charge is 2.31. The molecule has 0 spiro atoms. The third kappa shape index (κ3) is 4.38. The second kappa shape index (κ2) is 11.9. The summed E-state index contributed by atoms with van der Waals surface area (Å²) < 4.78 is 9.00. The molecular formula is C45H26N6O. The molecule has 0 fully saturated rings. The smallest absolute Gasteiger partial charge is 0.145 e. The Balaban J connectivity index is 1.52. The van der Waals surface area contributed by atoms with Crippen molar-refractivity contribution in [1.82, 2.24) is 24.5 Å². The first-order valence-corrected chi connectivity index (χ1v) is 16.9. The number of nitrogens with zero attached hydrogens (tertiary/aromatic N) is 6. The Morgan fingerprint density at radius 3 is 1.54 bits per heavy atom. The van der Waals surface area contributed by atoms with Gasteiger partial charge in [-0.25, -0.2) is 0 Å². The Morgan fingerprint density at radius 1 is 0.481 bits per heavy atom. The van der Waals surface area contributed by atoms with Crippen LogP contribution in [0.25, 0.3) is 93.9 Å². The van der Waals surface area contributed by atoms with Crippen LogP contribution < -0.4 is 0 Å². The zero-order chi connectivity index (χ0) is 34.6. The zero-order valence-corrected chi connectivity index (χ0v) is 27.6. The van der Waals surface area contributed by atoms with E-state index in [0.29, 0.717) is 5.56 Å². The lowest BCUT2D eigenvalue weighted by molar-refractivity contribution is 0.673. The minimum absolute atomic E-state index is 0.503. The summed E-state index contributed by atoms with van der Waals surface area (Å²) in [6.07, 6.45) is 14.4. The summed E-state index contributed by atoms with van der Waals surface area (Å²) in [5.41, 5.74) is 11.5. The van der Waals surface area contributed by atoms with Crippen molar-refractivity contribution < 1.29 is 4.42 Å². The van der Waals surface area contributed by atoms with Gasteiger partial charge in [0.1, 0.15) is 17.2 Å². The van der Waals surface area contributed by atoms with Crippen molar-refractivity contribution in [3.8, 4) is 56.3 Å². The molecule has 0 saturated carbocycles. The van der Waals surface area contributed by atoms with Crippen LogP contribution in [-0.4, -0.2) is 24.5 Å². The molecule has 0 radical (unpaired) electrons. The predicted molar refractivity (Wildman–Crippen MR) is 206 cm³/mol. The monoisotopic (exact) mass is 666 g/mol. The maximum Gasteiger partial charge on any atom is 0.145 e. The minimum atomic E-state index is 0.503. The molecule has 0 saturated heterocycles. The number of fused-ring (bicyclic) bond motifs is 7. The molecule has 0 N–H and O–H groups in total. The van der Waals surface area contributed by atoms with Gasteiger partial charge >= 0.3 is 0 Å². The van der Waals surface area contributed by atoms with E-state index in [1.165, 1.54) is 0 Å². The van der Waals surface area contributed by atoms with Gasteiger partial charge in [0.05, 0.1) is 27.7 Å². The molecule has 242 valence electrons. The van der Waals surface area contributed by atoms with Crippen LogP contribution in [0.3, 0.4) is 0 Å². The first-order chi connectivity index (χ1) is 25.8. The molecule has 7 heteroatoms. The maximum absolute atomic E-state index is 11.3. The summed E-state index contributed by atoms with van der Waals surface area (Å²) in [6, 6.07) is 39.4. The number of rotatable bonds is 5. The minimum Gasteiger partial charge on any atom is -0.455 e. The van der Waals surface area contributed by atoms with Crippen LogP contribution in [0.5, 0.6) is 0 Å². The van der Waals surface area contributed by atoms with Gasteiger partial charge in [0.2, 0.25) is 0 Å². The molecule has 10 aromatic rings.